The first-order valence-electron chi connectivity index (χ1n) is 7.47. The van der Waals surface area contributed by atoms with Gasteiger partial charge >= 0.3 is 0 Å². The van der Waals surface area contributed by atoms with Gasteiger partial charge in [-0.15, -0.1) is 0 Å². The van der Waals surface area contributed by atoms with Crippen LogP contribution in [0.15, 0.2) is 45.2 Å². The molecule has 1 aromatic carbocycles. The maximum absolute atomic E-state index is 6.02. The molecule has 1 atom stereocenters. The molecule has 0 fully saturated rings. The highest BCUT2D eigenvalue weighted by molar-refractivity contribution is 5.78. The van der Waals surface area contributed by atoms with Gasteiger partial charge in [0.2, 0.25) is 0 Å². The minimum atomic E-state index is -0.0358. The number of aryl methyl sites for hydroxylation is 2. The molecule has 0 saturated carbocycles. The summed E-state index contributed by atoms with van der Waals surface area (Å²) >= 11 is 0. The van der Waals surface area contributed by atoms with Gasteiger partial charge in [0.1, 0.15) is 28.9 Å². The molecule has 3 rings (SSSR count). The number of hydrogen-bond acceptors (Lipinski definition) is 3. The van der Waals surface area contributed by atoms with E-state index in [1.807, 2.05) is 25.1 Å². The normalized spacial score (nSPS) is 12.9. The molecule has 110 valence electrons. The van der Waals surface area contributed by atoms with Crippen molar-refractivity contribution in [3.8, 4) is 0 Å². The van der Waals surface area contributed by atoms with E-state index in [4.69, 9.17) is 8.83 Å². The fourth-order valence-electron chi connectivity index (χ4n) is 2.56. The van der Waals surface area contributed by atoms with Crippen LogP contribution in [-0.4, -0.2) is 6.54 Å². The largest absolute Gasteiger partial charge is 0.464 e. The van der Waals surface area contributed by atoms with E-state index in [0.29, 0.717) is 0 Å². The molecule has 2 aromatic heterocycles. The molecular weight excluding hydrogens is 262 g/mol. The Bertz CT molecular complexity index is 739. The third-order valence-corrected chi connectivity index (χ3v) is 3.62. The van der Waals surface area contributed by atoms with Gasteiger partial charge in [0, 0.05) is 5.39 Å². The molecule has 0 spiro atoms. The van der Waals surface area contributed by atoms with Crippen LogP contribution >= 0.6 is 0 Å². The summed E-state index contributed by atoms with van der Waals surface area (Å²) in [6.07, 6.45) is 1.07. The molecule has 3 heteroatoms. The lowest BCUT2D eigenvalue weighted by molar-refractivity contribution is 0.390. The highest BCUT2D eigenvalue weighted by Gasteiger charge is 2.21. The molecule has 0 amide bonds. The third-order valence-electron chi connectivity index (χ3n) is 3.62. The van der Waals surface area contributed by atoms with Crippen LogP contribution in [0.25, 0.3) is 11.0 Å². The molecule has 1 unspecified atom stereocenters. The first-order valence-corrected chi connectivity index (χ1v) is 7.47. The average molecular weight is 283 g/mol. The second-order valence-corrected chi connectivity index (χ2v) is 5.53. The summed E-state index contributed by atoms with van der Waals surface area (Å²) in [7, 11) is 0. The SMILES string of the molecule is CCCNC(c1ccc(C)o1)c1cc2cc(C)ccc2o1. The molecule has 0 bridgehead atoms. The van der Waals surface area contributed by atoms with Crippen molar-refractivity contribution in [1.82, 2.24) is 5.32 Å². The predicted octanol–water partition coefficient (Wildman–Crippen LogP) is 4.73. The Kier molecular flexibility index (Phi) is 3.84. The number of furan rings is 2. The van der Waals surface area contributed by atoms with Crippen molar-refractivity contribution in [3.63, 3.8) is 0 Å². The van der Waals surface area contributed by atoms with Crippen molar-refractivity contribution < 1.29 is 8.83 Å². The lowest BCUT2D eigenvalue weighted by Crippen LogP contribution is -2.22. The fourth-order valence-corrected chi connectivity index (χ4v) is 2.56. The van der Waals surface area contributed by atoms with Crippen molar-refractivity contribution in [2.45, 2.75) is 33.2 Å². The minimum Gasteiger partial charge on any atom is -0.464 e. The van der Waals surface area contributed by atoms with Crippen molar-refractivity contribution in [2.75, 3.05) is 6.54 Å². The van der Waals surface area contributed by atoms with Crippen LogP contribution in [0.1, 0.15) is 42.2 Å². The van der Waals surface area contributed by atoms with E-state index in [1.165, 1.54) is 5.56 Å². The lowest BCUT2D eigenvalue weighted by Gasteiger charge is -2.13. The zero-order chi connectivity index (χ0) is 14.8. The number of fused-ring (bicyclic) bond motifs is 1. The van der Waals surface area contributed by atoms with Crippen molar-refractivity contribution in [3.05, 3.63) is 59.2 Å². The van der Waals surface area contributed by atoms with E-state index < -0.39 is 0 Å². The Morgan fingerprint density at radius 3 is 2.57 bits per heavy atom. The molecular formula is C18H21NO2. The van der Waals surface area contributed by atoms with Gasteiger partial charge in [-0.3, -0.25) is 0 Å². The molecule has 0 aliphatic carbocycles. The van der Waals surface area contributed by atoms with Crippen LogP contribution in [0, 0.1) is 13.8 Å². The summed E-state index contributed by atoms with van der Waals surface area (Å²) in [6.45, 7) is 7.12. The minimum absolute atomic E-state index is 0.0358. The quantitative estimate of drug-likeness (QED) is 0.735. The van der Waals surface area contributed by atoms with Crippen LogP contribution in [0.3, 0.4) is 0 Å². The van der Waals surface area contributed by atoms with E-state index in [1.54, 1.807) is 0 Å². The Morgan fingerprint density at radius 2 is 1.86 bits per heavy atom. The zero-order valence-electron chi connectivity index (χ0n) is 12.8. The van der Waals surface area contributed by atoms with Crippen LogP contribution < -0.4 is 5.32 Å². The first kappa shape index (κ1) is 14.0. The van der Waals surface area contributed by atoms with E-state index in [9.17, 15) is 0 Å². The van der Waals surface area contributed by atoms with Gasteiger partial charge in [0.15, 0.2) is 0 Å². The number of nitrogens with one attached hydrogen (secondary N) is 1. The lowest BCUT2D eigenvalue weighted by atomic mass is 10.1. The zero-order valence-corrected chi connectivity index (χ0v) is 12.8. The Labute approximate surface area is 124 Å². The fraction of sp³-hybridized carbons (Fsp3) is 0.333. The maximum Gasteiger partial charge on any atom is 0.134 e. The van der Waals surface area contributed by atoms with Crippen molar-refractivity contribution >= 4 is 11.0 Å². The molecule has 1 N–H and O–H groups in total. The van der Waals surface area contributed by atoms with Crippen molar-refractivity contribution in [2.24, 2.45) is 0 Å². The van der Waals surface area contributed by atoms with Gasteiger partial charge in [0.25, 0.3) is 0 Å². The van der Waals surface area contributed by atoms with E-state index in [-0.39, 0.29) is 6.04 Å². The highest BCUT2D eigenvalue weighted by Crippen LogP contribution is 2.29. The third kappa shape index (κ3) is 2.88. The van der Waals surface area contributed by atoms with Crippen LogP contribution in [-0.2, 0) is 0 Å². The van der Waals surface area contributed by atoms with Gasteiger partial charge in [0.05, 0.1) is 0 Å². The Balaban J connectivity index is 2.00. The summed E-state index contributed by atoms with van der Waals surface area (Å²) in [4.78, 5) is 0. The summed E-state index contributed by atoms with van der Waals surface area (Å²) in [6, 6.07) is 12.3. The van der Waals surface area contributed by atoms with Crippen molar-refractivity contribution in [1.29, 1.82) is 0 Å². The predicted molar refractivity (Wildman–Crippen MR) is 84.5 cm³/mol. The topological polar surface area (TPSA) is 38.3 Å². The number of benzene rings is 1. The monoisotopic (exact) mass is 283 g/mol. The summed E-state index contributed by atoms with van der Waals surface area (Å²) in [5.74, 6) is 2.72. The molecule has 21 heavy (non-hydrogen) atoms. The number of hydrogen-bond donors (Lipinski definition) is 1. The molecule has 3 aromatic rings. The Hall–Kier alpha value is -2.00. The molecule has 0 aliphatic heterocycles. The second kappa shape index (κ2) is 5.78. The average Bonchev–Trinajstić information content (AvgIpc) is 3.05. The molecule has 3 nitrogen and oxygen atoms in total. The number of rotatable bonds is 5. The maximum atomic E-state index is 6.02. The van der Waals surface area contributed by atoms with Gasteiger partial charge < -0.3 is 14.2 Å². The van der Waals surface area contributed by atoms with E-state index >= 15 is 0 Å². The second-order valence-electron chi connectivity index (χ2n) is 5.53. The first-order chi connectivity index (χ1) is 10.2. The standard InChI is InChI=1S/C18H21NO2/c1-4-9-19-18(16-8-6-13(3)20-16)17-11-14-10-12(2)5-7-15(14)21-17/h5-8,10-11,18-19H,4,9H2,1-3H3. The van der Waals surface area contributed by atoms with E-state index in [0.717, 1.165) is 41.2 Å². The molecule has 0 saturated heterocycles. The highest BCUT2D eigenvalue weighted by atomic mass is 16.4. The van der Waals surface area contributed by atoms with Crippen LogP contribution in [0.4, 0.5) is 0 Å². The summed E-state index contributed by atoms with van der Waals surface area (Å²) in [5, 5.41) is 4.64. The van der Waals surface area contributed by atoms with Gasteiger partial charge in [-0.05, 0) is 57.1 Å². The van der Waals surface area contributed by atoms with Gasteiger partial charge in [-0.25, -0.2) is 0 Å². The summed E-state index contributed by atoms with van der Waals surface area (Å²) in [5.41, 5.74) is 2.16. The molecule has 0 aliphatic rings. The van der Waals surface area contributed by atoms with E-state index in [2.05, 4.69) is 37.4 Å². The van der Waals surface area contributed by atoms with Gasteiger partial charge in [-0.2, -0.15) is 0 Å². The molecule has 0 radical (unpaired) electrons. The van der Waals surface area contributed by atoms with Gasteiger partial charge in [-0.1, -0.05) is 18.6 Å². The van der Waals surface area contributed by atoms with Crippen LogP contribution in [0.5, 0.6) is 0 Å². The summed E-state index contributed by atoms with van der Waals surface area (Å²) < 4.78 is 11.8. The Morgan fingerprint density at radius 1 is 1.00 bits per heavy atom. The smallest absolute Gasteiger partial charge is 0.134 e. The van der Waals surface area contributed by atoms with Crippen LogP contribution in [0.2, 0.25) is 0 Å². The molecule has 2 heterocycles.